The Hall–Kier alpha value is -3.19. The molecule has 0 aromatic heterocycles. The lowest BCUT2D eigenvalue weighted by molar-refractivity contribution is -0.913. The second-order valence-electron chi connectivity index (χ2n) is 8.30. The van der Waals surface area contributed by atoms with Gasteiger partial charge in [-0.2, -0.15) is 0 Å². The Morgan fingerprint density at radius 2 is 1.68 bits per heavy atom. The molecule has 2 heterocycles. The SMILES string of the molecule is COC(=O)C1CC[NH+](CN2C(=O)N[C@](Cc3ccccc3)(c3ccccc3)C2=O)CC1. The standard InChI is InChI=1S/C24H27N3O4/c1-31-21(28)19-12-14-26(15-13-19)17-27-22(29)24(25-23(27)30,20-10-6-3-7-11-20)16-18-8-4-2-5-9-18/h2-11,19H,12-17H2,1H3,(H,25,30)/p+1/t24-/m1/s1. The fourth-order valence-corrected chi connectivity index (χ4v) is 4.62. The average Bonchev–Trinajstić information content (AvgIpc) is 3.05. The van der Waals surface area contributed by atoms with Crippen molar-refractivity contribution in [1.29, 1.82) is 0 Å². The monoisotopic (exact) mass is 422 g/mol. The highest BCUT2D eigenvalue weighted by Crippen LogP contribution is 2.32. The number of hydrogen-bond donors (Lipinski definition) is 2. The van der Waals surface area contributed by atoms with Crippen molar-refractivity contribution in [2.45, 2.75) is 24.8 Å². The number of methoxy groups -OCH3 is 1. The number of ether oxygens (including phenoxy) is 1. The third kappa shape index (κ3) is 4.18. The molecule has 7 nitrogen and oxygen atoms in total. The van der Waals surface area contributed by atoms with Crippen LogP contribution in [0.15, 0.2) is 60.7 Å². The van der Waals surface area contributed by atoms with E-state index in [1.807, 2.05) is 60.7 Å². The summed E-state index contributed by atoms with van der Waals surface area (Å²) in [6.45, 7) is 1.73. The third-order valence-corrected chi connectivity index (χ3v) is 6.36. The summed E-state index contributed by atoms with van der Waals surface area (Å²) in [4.78, 5) is 40.9. The van der Waals surface area contributed by atoms with Crippen molar-refractivity contribution in [3.8, 4) is 0 Å². The quantitative estimate of drug-likeness (QED) is 0.540. The molecule has 4 rings (SSSR count). The smallest absolute Gasteiger partial charge is 0.329 e. The number of piperidine rings is 1. The van der Waals surface area contributed by atoms with E-state index in [-0.39, 0.29) is 23.8 Å². The van der Waals surface area contributed by atoms with E-state index in [9.17, 15) is 14.4 Å². The van der Waals surface area contributed by atoms with E-state index in [1.165, 1.54) is 12.0 Å². The molecule has 0 unspecified atom stereocenters. The molecule has 7 heteroatoms. The summed E-state index contributed by atoms with van der Waals surface area (Å²) >= 11 is 0. The van der Waals surface area contributed by atoms with Gasteiger partial charge in [0.1, 0.15) is 0 Å². The number of carbonyl (C=O) groups is 3. The van der Waals surface area contributed by atoms with Crippen LogP contribution in [-0.4, -0.2) is 49.7 Å². The molecule has 2 aliphatic rings. The zero-order valence-electron chi connectivity index (χ0n) is 17.7. The molecule has 0 spiro atoms. The van der Waals surface area contributed by atoms with Crippen LogP contribution in [-0.2, 0) is 26.3 Å². The van der Waals surface area contributed by atoms with Crippen LogP contribution in [0, 0.1) is 5.92 Å². The second kappa shape index (κ2) is 8.89. The van der Waals surface area contributed by atoms with Crippen LogP contribution in [0.25, 0.3) is 0 Å². The Balaban J connectivity index is 1.54. The third-order valence-electron chi connectivity index (χ3n) is 6.36. The maximum Gasteiger partial charge on any atom is 0.329 e. The van der Waals surface area contributed by atoms with Crippen molar-refractivity contribution in [2.75, 3.05) is 26.9 Å². The zero-order chi connectivity index (χ0) is 21.8. The number of quaternary nitrogens is 1. The maximum atomic E-state index is 13.7. The predicted octanol–water partition coefficient (Wildman–Crippen LogP) is 1.10. The molecule has 2 aromatic carbocycles. The fourth-order valence-electron chi connectivity index (χ4n) is 4.62. The summed E-state index contributed by atoms with van der Waals surface area (Å²) in [7, 11) is 1.41. The van der Waals surface area contributed by atoms with Crippen molar-refractivity contribution < 1.29 is 24.0 Å². The number of amides is 3. The van der Waals surface area contributed by atoms with Gasteiger partial charge in [0.25, 0.3) is 5.91 Å². The molecule has 0 saturated carbocycles. The summed E-state index contributed by atoms with van der Waals surface area (Å²) in [5.41, 5.74) is 0.635. The lowest BCUT2D eigenvalue weighted by atomic mass is 9.83. The largest absolute Gasteiger partial charge is 0.469 e. The van der Waals surface area contributed by atoms with Gasteiger partial charge in [0.05, 0.1) is 26.1 Å². The van der Waals surface area contributed by atoms with Gasteiger partial charge in [-0.25, -0.2) is 9.69 Å². The van der Waals surface area contributed by atoms with Crippen LogP contribution < -0.4 is 10.2 Å². The highest BCUT2D eigenvalue weighted by molar-refractivity contribution is 6.07. The van der Waals surface area contributed by atoms with Crippen LogP contribution in [0.1, 0.15) is 24.0 Å². The number of benzene rings is 2. The number of carbonyl (C=O) groups excluding carboxylic acids is 3. The van der Waals surface area contributed by atoms with Crippen LogP contribution in [0.3, 0.4) is 0 Å². The van der Waals surface area contributed by atoms with E-state index >= 15 is 0 Å². The van der Waals surface area contributed by atoms with Gasteiger partial charge in [-0.3, -0.25) is 9.59 Å². The summed E-state index contributed by atoms with van der Waals surface area (Å²) in [6.07, 6.45) is 1.78. The Kier molecular flexibility index (Phi) is 6.04. The number of urea groups is 1. The van der Waals surface area contributed by atoms with Crippen molar-refractivity contribution in [3.05, 3.63) is 71.8 Å². The summed E-state index contributed by atoms with van der Waals surface area (Å²) < 4.78 is 4.85. The van der Waals surface area contributed by atoms with E-state index < -0.39 is 5.54 Å². The Labute approximate surface area is 182 Å². The molecule has 2 saturated heterocycles. The average molecular weight is 423 g/mol. The van der Waals surface area contributed by atoms with Gasteiger partial charge in [0.2, 0.25) is 0 Å². The minimum absolute atomic E-state index is 0.0988. The fraction of sp³-hybridized carbons (Fsp3) is 0.375. The molecule has 0 aliphatic carbocycles. The minimum Gasteiger partial charge on any atom is -0.469 e. The lowest BCUT2D eigenvalue weighted by Crippen LogP contribution is -3.14. The molecule has 0 radical (unpaired) electrons. The van der Waals surface area contributed by atoms with E-state index in [4.69, 9.17) is 4.74 Å². The molecule has 2 aromatic rings. The predicted molar refractivity (Wildman–Crippen MR) is 114 cm³/mol. The first-order valence-electron chi connectivity index (χ1n) is 10.7. The van der Waals surface area contributed by atoms with Crippen molar-refractivity contribution in [3.63, 3.8) is 0 Å². The lowest BCUT2D eigenvalue weighted by Gasteiger charge is -2.31. The van der Waals surface area contributed by atoms with Crippen molar-refractivity contribution >= 4 is 17.9 Å². The van der Waals surface area contributed by atoms with Crippen LogP contribution in [0.4, 0.5) is 4.79 Å². The molecular formula is C24H28N3O4+. The number of hydrogen-bond acceptors (Lipinski definition) is 4. The molecule has 1 atom stereocenters. The normalized spacial score (nSPS) is 25.9. The highest BCUT2D eigenvalue weighted by Gasteiger charge is 2.53. The first kappa shape index (κ1) is 21.1. The number of imide groups is 1. The molecule has 162 valence electrons. The van der Waals surface area contributed by atoms with Crippen molar-refractivity contribution in [1.82, 2.24) is 10.2 Å². The Bertz CT molecular complexity index is 942. The maximum absolute atomic E-state index is 13.7. The molecule has 3 amide bonds. The van der Waals surface area contributed by atoms with Gasteiger partial charge in [0.15, 0.2) is 12.2 Å². The molecule has 0 bridgehead atoms. The van der Waals surface area contributed by atoms with Gasteiger partial charge in [-0.15, -0.1) is 0 Å². The molecule has 2 N–H and O–H groups in total. The van der Waals surface area contributed by atoms with Gasteiger partial charge in [0, 0.05) is 19.3 Å². The first-order valence-corrected chi connectivity index (χ1v) is 10.7. The molecular weight excluding hydrogens is 394 g/mol. The minimum atomic E-state index is -1.12. The summed E-state index contributed by atoms with van der Waals surface area (Å²) in [5.74, 6) is -0.506. The van der Waals surface area contributed by atoms with E-state index in [0.29, 0.717) is 39.0 Å². The van der Waals surface area contributed by atoms with Gasteiger partial charge < -0.3 is 15.0 Å². The molecule has 2 aliphatic heterocycles. The van der Waals surface area contributed by atoms with Gasteiger partial charge in [-0.05, 0) is 11.1 Å². The number of likely N-dealkylation sites (tertiary alicyclic amines) is 1. The van der Waals surface area contributed by atoms with Crippen LogP contribution >= 0.6 is 0 Å². The van der Waals surface area contributed by atoms with E-state index in [0.717, 1.165) is 16.0 Å². The first-order chi connectivity index (χ1) is 15.0. The highest BCUT2D eigenvalue weighted by atomic mass is 16.5. The van der Waals surface area contributed by atoms with Crippen LogP contribution in [0.2, 0.25) is 0 Å². The van der Waals surface area contributed by atoms with E-state index in [2.05, 4.69) is 5.32 Å². The number of nitrogens with one attached hydrogen (secondary N) is 2. The van der Waals surface area contributed by atoms with Crippen molar-refractivity contribution in [2.24, 2.45) is 5.92 Å². The summed E-state index contributed by atoms with van der Waals surface area (Å²) in [6, 6.07) is 18.8. The van der Waals surface area contributed by atoms with E-state index in [1.54, 1.807) is 0 Å². The Morgan fingerprint density at radius 3 is 2.29 bits per heavy atom. The number of esters is 1. The van der Waals surface area contributed by atoms with Gasteiger partial charge >= 0.3 is 12.0 Å². The number of rotatable bonds is 6. The number of nitrogens with zero attached hydrogens (tertiary/aromatic N) is 1. The van der Waals surface area contributed by atoms with Crippen LogP contribution in [0.5, 0.6) is 0 Å². The van der Waals surface area contributed by atoms with Gasteiger partial charge in [-0.1, -0.05) is 60.7 Å². The molecule has 31 heavy (non-hydrogen) atoms. The zero-order valence-corrected chi connectivity index (χ0v) is 17.7. The second-order valence-corrected chi connectivity index (χ2v) is 8.30. The molecule has 2 fully saturated rings. The Morgan fingerprint density at radius 1 is 1.06 bits per heavy atom. The topological polar surface area (TPSA) is 80.2 Å². The summed E-state index contributed by atoms with van der Waals surface area (Å²) in [5, 5.41) is 3.01.